The molecule has 7 heteroatoms. The molecule has 5 rings (SSSR count). The molecule has 0 spiro atoms. The van der Waals surface area contributed by atoms with Gasteiger partial charge in [0.05, 0.1) is 0 Å². The van der Waals surface area contributed by atoms with Crippen LogP contribution in [0.2, 0.25) is 0 Å². The van der Waals surface area contributed by atoms with E-state index in [-0.39, 0.29) is 23.2 Å². The summed E-state index contributed by atoms with van der Waals surface area (Å²) >= 11 is 3.51. The summed E-state index contributed by atoms with van der Waals surface area (Å²) in [5.74, 6) is -0.472. The predicted octanol–water partition coefficient (Wildman–Crippen LogP) is 5.55. The fourth-order valence-electron chi connectivity index (χ4n) is 5.78. The second-order valence-corrected chi connectivity index (χ2v) is 11.8. The summed E-state index contributed by atoms with van der Waals surface area (Å²) in [6, 6.07) is 7.91. The first-order valence-electron chi connectivity index (χ1n) is 12.0. The zero-order valence-electron chi connectivity index (χ0n) is 19.8. The van der Waals surface area contributed by atoms with Crippen LogP contribution in [-0.4, -0.2) is 47.5 Å². The van der Waals surface area contributed by atoms with Gasteiger partial charge < -0.3 is 9.47 Å². The fourth-order valence-corrected chi connectivity index (χ4v) is 6.04. The number of Topliss-reactive ketones (excluding diaryl/α,β-unsaturated/α-hetero) is 1. The van der Waals surface area contributed by atoms with E-state index in [4.69, 9.17) is 9.47 Å². The number of ketones is 1. The lowest BCUT2D eigenvalue weighted by atomic mass is 9.51. The molecule has 2 bridgehead atoms. The van der Waals surface area contributed by atoms with Crippen molar-refractivity contribution in [2.24, 2.45) is 5.41 Å². The molecule has 1 saturated heterocycles. The van der Waals surface area contributed by atoms with Crippen LogP contribution >= 0.6 is 15.9 Å². The van der Waals surface area contributed by atoms with E-state index < -0.39 is 23.7 Å². The molecular formula is C26H34BrNO5. The molecule has 0 aromatic heterocycles. The van der Waals surface area contributed by atoms with Crippen molar-refractivity contribution in [3.05, 3.63) is 34.3 Å². The van der Waals surface area contributed by atoms with Crippen molar-refractivity contribution in [1.82, 2.24) is 4.90 Å². The van der Waals surface area contributed by atoms with Crippen LogP contribution in [-0.2, 0) is 24.5 Å². The van der Waals surface area contributed by atoms with Crippen molar-refractivity contribution >= 4 is 33.8 Å². The van der Waals surface area contributed by atoms with Gasteiger partial charge in [0.1, 0.15) is 11.6 Å². The molecule has 1 aromatic carbocycles. The Labute approximate surface area is 204 Å². The number of rotatable bonds is 5. The molecule has 1 aromatic rings. The zero-order chi connectivity index (χ0) is 23.9. The number of hydrogen-bond acceptors (Lipinski definition) is 5. The Morgan fingerprint density at radius 1 is 1.03 bits per heavy atom. The van der Waals surface area contributed by atoms with Crippen molar-refractivity contribution < 1.29 is 23.9 Å². The number of likely N-dealkylation sites (tertiary alicyclic amines) is 1. The Morgan fingerprint density at radius 3 is 2.21 bits per heavy atom. The average Bonchev–Trinajstić information content (AvgIpc) is 3.28. The molecule has 0 N–H and O–H groups in total. The van der Waals surface area contributed by atoms with E-state index in [1.165, 1.54) is 10.5 Å². The summed E-state index contributed by atoms with van der Waals surface area (Å²) < 4.78 is 12.0. The largest absolute Gasteiger partial charge is 0.456 e. The fraction of sp³-hybridized carbons (Fsp3) is 0.654. The number of carbonyl (C=O) groups excluding carboxylic acids is 3. The van der Waals surface area contributed by atoms with Crippen LogP contribution in [0.4, 0.5) is 4.79 Å². The third-order valence-corrected chi connectivity index (χ3v) is 8.32. The Balaban J connectivity index is 1.33. The third kappa shape index (κ3) is 4.98. The molecular weight excluding hydrogens is 486 g/mol. The smallest absolute Gasteiger partial charge is 0.411 e. The van der Waals surface area contributed by atoms with Crippen molar-refractivity contribution in [1.29, 1.82) is 0 Å². The van der Waals surface area contributed by atoms with Gasteiger partial charge in [0.25, 0.3) is 0 Å². The Kier molecular flexibility index (Phi) is 6.64. The Morgan fingerprint density at radius 2 is 1.64 bits per heavy atom. The number of halogens is 1. The van der Waals surface area contributed by atoms with Gasteiger partial charge >= 0.3 is 12.1 Å². The lowest BCUT2D eigenvalue weighted by Gasteiger charge is -2.53. The van der Waals surface area contributed by atoms with Crippen LogP contribution < -0.4 is 0 Å². The third-order valence-electron chi connectivity index (χ3n) is 7.79. The summed E-state index contributed by atoms with van der Waals surface area (Å²) in [7, 11) is 0. The maximum atomic E-state index is 13.2. The Bertz CT molecular complexity index is 895. The van der Waals surface area contributed by atoms with Crippen LogP contribution in [0.25, 0.3) is 0 Å². The molecule has 1 atom stereocenters. The highest BCUT2D eigenvalue weighted by Crippen LogP contribution is 2.58. The molecule has 0 radical (unpaired) electrons. The molecule has 1 aliphatic heterocycles. The summed E-state index contributed by atoms with van der Waals surface area (Å²) in [6.07, 6.45) is 6.24. The van der Waals surface area contributed by atoms with E-state index in [9.17, 15) is 14.4 Å². The van der Waals surface area contributed by atoms with Gasteiger partial charge in [-0.1, -0.05) is 28.1 Å². The lowest BCUT2D eigenvalue weighted by Crippen LogP contribution is -2.49. The van der Waals surface area contributed by atoms with E-state index in [1.54, 1.807) is 20.8 Å². The molecule has 4 aliphatic rings. The average molecular weight is 520 g/mol. The van der Waals surface area contributed by atoms with Gasteiger partial charge in [0, 0.05) is 16.4 Å². The number of ether oxygens (including phenoxy) is 2. The minimum Gasteiger partial charge on any atom is -0.456 e. The maximum absolute atomic E-state index is 13.2. The van der Waals surface area contributed by atoms with Gasteiger partial charge in [-0.3, -0.25) is 9.69 Å². The molecule has 1 heterocycles. The van der Waals surface area contributed by atoms with Crippen LogP contribution in [0.5, 0.6) is 0 Å². The van der Waals surface area contributed by atoms with Gasteiger partial charge in [0.15, 0.2) is 12.4 Å². The number of nitrogens with zero attached hydrogens (tertiary/aromatic N) is 1. The number of esters is 1. The van der Waals surface area contributed by atoms with Gasteiger partial charge in [-0.15, -0.1) is 0 Å². The minimum atomic E-state index is -0.673. The van der Waals surface area contributed by atoms with Crippen LogP contribution in [0.1, 0.15) is 77.7 Å². The first-order chi connectivity index (χ1) is 15.5. The molecule has 33 heavy (non-hydrogen) atoms. The summed E-state index contributed by atoms with van der Waals surface area (Å²) in [5.41, 5.74) is 0.521. The van der Waals surface area contributed by atoms with Crippen LogP contribution in [0, 0.1) is 5.41 Å². The normalized spacial score (nSPS) is 29.1. The number of hydrogen-bond donors (Lipinski definition) is 0. The molecule has 180 valence electrons. The van der Waals surface area contributed by atoms with E-state index in [0.717, 1.165) is 49.4 Å². The Hall–Kier alpha value is -1.89. The first-order valence-corrected chi connectivity index (χ1v) is 12.8. The molecule has 1 amide bonds. The van der Waals surface area contributed by atoms with Crippen molar-refractivity contribution in [2.75, 3.05) is 13.2 Å². The SMILES string of the molecule is CC(C)(C)OC(=O)N1CCCC1C(=O)OCC(=O)C12CCC(c3ccc(Br)cc3)(CC1)CC2. The highest BCUT2D eigenvalue weighted by atomic mass is 79.9. The zero-order valence-corrected chi connectivity index (χ0v) is 21.4. The van der Waals surface area contributed by atoms with Crippen molar-refractivity contribution in [3.8, 4) is 0 Å². The molecule has 4 fully saturated rings. The number of carbonyl (C=O) groups is 3. The molecule has 1 unspecified atom stereocenters. The van der Waals surface area contributed by atoms with E-state index in [1.807, 2.05) is 0 Å². The van der Waals surface area contributed by atoms with Crippen LogP contribution in [0.15, 0.2) is 28.7 Å². The predicted molar refractivity (Wildman–Crippen MR) is 128 cm³/mol. The quantitative estimate of drug-likeness (QED) is 0.476. The minimum absolute atomic E-state index is 0.0294. The highest BCUT2D eigenvalue weighted by Gasteiger charge is 2.52. The van der Waals surface area contributed by atoms with E-state index in [2.05, 4.69) is 40.2 Å². The van der Waals surface area contributed by atoms with Crippen molar-refractivity contribution in [3.63, 3.8) is 0 Å². The lowest BCUT2D eigenvalue weighted by molar-refractivity contribution is -0.157. The number of benzene rings is 1. The van der Waals surface area contributed by atoms with E-state index in [0.29, 0.717) is 13.0 Å². The van der Waals surface area contributed by atoms with Gasteiger partial charge in [-0.05, 0) is 95.2 Å². The summed E-state index contributed by atoms with van der Waals surface area (Å²) in [4.78, 5) is 39.8. The van der Waals surface area contributed by atoms with E-state index >= 15 is 0 Å². The number of fused-ring (bicyclic) bond motifs is 3. The van der Waals surface area contributed by atoms with Gasteiger partial charge in [0.2, 0.25) is 0 Å². The number of amides is 1. The molecule has 3 saturated carbocycles. The topological polar surface area (TPSA) is 72.9 Å². The molecule has 3 aliphatic carbocycles. The second-order valence-electron chi connectivity index (χ2n) is 10.9. The van der Waals surface area contributed by atoms with Gasteiger partial charge in [-0.2, -0.15) is 0 Å². The van der Waals surface area contributed by atoms with Gasteiger partial charge in [-0.25, -0.2) is 9.59 Å². The maximum Gasteiger partial charge on any atom is 0.411 e. The monoisotopic (exact) mass is 519 g/mol. The van der Waals surface area contributed by atoms with Crippen LogP contribution in [0.3, 0.4) is 0 Å². The summed E-state index contributed by atoms with van der Waals surface area (Å²) in [6.45, 7) is 5.65. The second kappa shape index (κ2) is 9.05. The standard InChI is InChI=1S/C26H34BrNO5/c1-24(2,3)33-23(31)28-16-4-5-20(28)22(30)32-17-21(29)26-13-10-25(11-14-26,12-15-26)18-6-8-19(27)9-7-18/h6-9,20H,4-5,10-17H2,1-3H3. The summed E-state index contributed by atoms with van der Waals surface area (Å²) in [5, 5.41) is 0. The first kappa shape index (κ1) is 24.2. The van der Waals surface area contributed by atoms with Crippen molar-refractivity contribution in [2.45, 2.75) is 89.2 Å². The molecule has 6 nitrogen and oxygen atoms in total. The highest BCUT2D eigenvalue weighted by molar-refractivity contribution is 9.10.